The van der Waals surface area contributed by atoms with Gasteiger partial charge in [-0.3, -0.25) is 4.79 Å². The number of carbonyl (C=O) groups is 1. The fourth-order valence-corrected chi connectivity index (χ4v) is 1.73. The van der Waals surface area contributed by atoms with Crippen molar-refractivity contribution >= 4 is 17.5 Å². The number of halogens is 1. The lowest BCUT2D eigenvalue weighted by atomic mass is 9.88. The molecule has 2 atom stereocenters. The molecule has 4 nitrogen and oxygen atoms in total. The second-order valence-corrected chi connectivity index (χ2v) is 5.05. The van der Waals surface area contributed by atoms with Gasteiger partial charge in [-0.2, -0.15) is 0 Å². The molecule has 1 heterocycles. The normalized spacial score (nSPS) is 15.8. The van der Waals surface area contributed by atoms with E-state index in [4.69, 9.17) is 11.6 Å². The summed E-state index contributed by atoms with van der Waals surface area (Å²) in [6.07, 6.45) is 2.37. The number of carbonyl (C=O) groups excluding carboxylic acids is 1. The van der Waals surface area contributed by atoms with Gasteiger partial charge in [0.15, 0.2) is 0 Å². The van der Waals surface area contributed by atoms with Crippen LogP contribution in [0.2, 0.25) is 5.15 Å². The van der Waals surface area contributed by atoms with E-state index >= 15 is 0 Å². The molecule has 1 amide bonds. The topological polar surface area (TPSA) is 62.2 Å². The van der Waals surface area contributed by atoms with Crippen molar-refractivity contribution in [3.8, 4) is 0 Å². The fraction of sp³-hybridized carbons (Fsp3) is 0.538. The highest BCUT2D eigenvalue weighted by Gasteiger charge is 2.27. The molecule has 0 aliphatic heterocycles. The van der Waals surface area contributed by atoms with E-state index in [2.05, 4.69) is 10.3 Å². The fourth-order valence-electron chi connectivity index (χ4n) is 1.52. The maximum absolute atomic E-state index is 11.9. The smallest absolute Gasteiger partial charge is 0.254 e. The van der Waals surface area contributed by atoms with Crippen LogP contribution in [0.5, 0.6) is 0 Å². The molecule has 0 aromatic carbocycles. The lowest BCUT2D eigenvalue weighted by molar-refractivity contribution is 0.00592. The van der Waals surface area contributed by atoms with Gasteiger partial charge in [-0.05, 0) is 25.0 Å². The van der Waals surface area contributed by atoms with Crippen LogP contribution in [-0.2, 0) is 0 Å². The van der Waals surface area contributed by atoms with Crippen molar-refractivity contribution in [1.29, 1.82) is 0 Å². The average Bonchev–Trinajstić information content (AvgIpc) is 2.35. The van der Waals surface area contributed by atoms with Crippen LogP contribution >= 0.6 is 11.6 Å². The molecule has 0 aliphatic rings. The van der Waals surface area contributed by atoms with Crippen molar-refractivity contribution in [2.75, 3.05) is 6.54 Å². The highest BCUT2D eigenvalue weighted by molar-refractivity contribution is 6.32. The summed E-state index contributed by atoms with van der Waals surface area (Å²) >= 11 is 5.82. The minimum absolute atomic E-state index is 0.0992. The van der Waals surface area contributed by atoms with Crippen LogP contribution in [0.1, 0.15) is 37.6 Å². The van der Waals surface area contributed by atoms with Crippen molar-refractivity contribution in [2.24, 2.45) is 5.92 Å². The molecular formula is C13H19ClN2O2. The van der Waals surface area contributed by atoms with Crippen molar-refractivity contribution in [3.05, 3.63) is 29.0 Å². The van der Waals surface area contributed by atoms with E-state index in [1.54, 1.807) is 19.1 Å². The molecule has 0 bridgehead atoms. The molecule has 0 saturated heterocycles. The summed E-state index contributed by atoms with van der Waals surface area (Å²) in [4.78, 5) is 15.7. The van der Waals surface area contributed by atoms with Gasteiger partial charge in [0.25, 0.3) is 5.91 Å². The van der Waals surface area contributed by atoms with E-state index in [1.165, 1.54) is 6.20 Å². The highest BCUT2D eigenvalue weighted by Crippen LogP contribution is 2.19. The van der Waals surface area contributed by atoms with Gasteiger partial charge in [0, 0.05) is 12.7 Å². The Labute approximate surface area is 112 Å². The summed E-state index contributed by atoms with van der Waals surface area (Å²) in [7, 11) is 0. The second kappa shape index (κ2) is 6.16. The van der Waals surface area contributed by atoms with Gasteiger partial charge < -0.3 is 10.4 Å². The molecule has 0 unspecified atom stereocenters. The quantitative estimate of drug-likeness (QED) is 0.807. The van der Waals surface area contributed by atoms with Crippen molar-refractivity contribution in [2.45, 2.75) is 32.8 Å². The molecule has 1 aromatic rings. The third-order valence-electron chi connectivity index (χ3n) is 3.28. The average molecular weight is 271 g/mol. The number of aromatic nitrogens is 1. The maximum Gasteiger partial charge on any atom is 0.254 e. The Balaban J connectivity index is 2.65. The monoisotopic (exact) mass is 270 g/mol. The van der Waals surface area contributed by atoms with Gasteiger partial charge >= 0.3 is 0 Å². The van der Waals surface area contributed by atoms with E-state index in [0.29, 0.717) is 5.56 Å². The van der Waals surface area contributed by atoms with Gasteiger partial charge in [0.1, 0.15) is 5.15 Å². The molecule has 0 spiro atoms. The molecule has 100 valence electrons. The van der Waals surface area contributed by atoms with Crippen LogP contribution in [-0.4, -0.2) is 28.1 Å². The Morgan fingerprint density at radius 3 is 2.89 bits per heavy atom. The Morgan fingerprint density at radius 2 is 2.33 bits per heavy atom. The molecule has 0 fully saturated rings. The Hall–Kier alpha value is -1.13. The number of hydrogen-bond donors (Lipinski definition) is 2. The summed E-state index contributed by atoms with van der Waals surface area (Å²) in [5, 5.41) is 13.0. The predicted molar refractivity (Wildman–Crippen MR) is 71.7 cm³/mol. The number of hydrogen-bond acceptors (Lipinski definition) is 3. The predicted octanol–water partition coefficient (Wildman–Crippen LogP) is 2.26. The van der Waals surface area contributed by atoms with Crippen LogP contribution < -0.4 is 5.32 Å². The van der Waals surface area contributed by atoms with Crippen LogP contribution in [0, 0.1) is 5.92 Å². The zero-order valence-corrected chi connectivity index (χ0v) is 11.7. The molecule has 0 radical (unpaired) electrons. The first-order chi connectivity index (χ1) is 8.38. The zero-order chi connectivity index (χ0) is 13.8. The summed E-state index contributed by atoms with van der Waals surface area (Å²) < 4.78 is 0. The Bertz CT molecular complexity index is 421. The van der Waals surface area contributed by atoms with Gasteiger partial charge in [-0.15, -0.1) is 0 Å². The van der Waals surface area contributed by atoms with Gasteiger partial charge in [-0.1, -0.05) is 31.9 Å². The van der Waals surface area contributed by atoms with Crippen molar-refractivity contribution < 1.29 is 9.90 Å². The third-order valence-corrected chi connectivity index (χ3v) is 3.59. The van der Waals surface area contributed by atoms with Crippen LogP contribution in [0.25, 0.3) is 0 Å². The summed E-state index contributed by atoms with van der Waals surface area (Å²) in [5.41, 5.74) is -0.613. The van der Waals surface area contributed by atoms with E-state index in [-0.39, 0.29) is 23.5 Å². The van der Waals surface area contributed by atoms with E-state index in [1.807, 2.05) is 13.8 Å². The molecule has 1 rings (SSSR count). The number of rotatable bonds is 5. The first-order valence-electron chi connectivity index (χ1n) is 5.99. The molecular weight excluding hydrogens is 252 g/mol. The summed E-state index contributed by atoms with van der Waals surface area (Å²) in [5.74, 6) is -0.223. The van der Waals surface area contributed by atoms with Crippen molar-refractivity contribution in [3.63, 3.8) is 0 Å². The number of nitrogens with one attached hydrogen (secondary N) is 1. The van der Waals surface area contributed by atoms with Crippen molar-refractivity contribution in [1.82, 2.24) is 10.3 Å². The SMILES string of the molecule is CC[C@H](C)[C@@](C)(O)CNC(=O)c1cccnc1Cl. The first-order valence-corrected chi connectivity index (χ1v) is 6.37. The highest BCUT2D eigenvalue weighted by atomic mass is 35.5. The third kappa shape index (κ3) is 3.68. The molecule has 0 aliphatic carbocycles. The second-order valence-electron chi connectivity index (χ2n) is 4.69. The Kier molecular flexibility index (Phi) is 5.11. The Morgan fingerprint density at radius 1 is 1.67 bits per heavy atom. The largest absolute Gasteiger partial charge is 0.388 e. The molecule has 5 heteroatoms. The number of amides is 1. The summed E-state index contributed by atoms with van der Waals surface area (Å²) in [6.45, 7) is 5.85. The van der Waals surface area contributed by atoms with Crippen LogP contribution in [0.3, 0.4) is 0 Å². The number of pyridine rings is 1. The van der Waals surface area contributed by atoms with Gasteiger partial charge in [0.05, 0.1) is 11.2 Å². The van der Waals surface area contributed by atoms with E-state index in [0.717, 1.165) is 6.42 Å². The molecule has 18 heavy (non-hydrogen) atoms. The first kappa shape index (κ1) is 14.9. The summed E-state index contributed by atoms with van der Waals surface area (Å²) in [6, 6.07) is 3.25. The minimum atomic E-state index is -0.931. The number of nitrogens with zero attached hydrogens (tertiary/aromatic N) is 1. The molecule has 2 N–H and O–H groups in total. The van der Waals surface area contributed by atoms with E-state index in [9.17, 15) is 9.90 Å². The van der Waals surface area contributed by atoms with Gasteiger partial charge in [-0.25, -0.2) is 4.98 Å². The maximum atomic E-state index is 11.9. The minimum Gasteiger partial charge on any atom is -0.388 e. The van der Waals surface area contributed by atoms with Crippen LogP contribution in [0.4, 0.5) is 0 Å². The standard InChI is InChI=1S/C13H19ClN2O2/c1-4-9(2)13(3,18)8-16-12(17)10-6-5-7-15-11(10)14/h5-7,9,18H,4,8H2,1-3H3,(H,16,17)/t9-,13-/m0/s1. The van der Waals surface area contributed by atoms with E-state index < -0.39 is 5.60 Å². The zero-order valence-electron chi connectivity index (χ0n) is 10.9. The van der Waals surface area contributed by atoms with Crippen LogP contribution in [0.15, 0.2) is 18.3 Å². The van der Waals surface area contributed by atoms with Gasteiger partial charge in [0.2, 0.25) is 0 Å². The number of aliphatic hydroxyl groups is 1. The molecule has 1 aromatic heterocycles. The lowest BCUT2D eigenvalue weighted by Gasteiger charge is -2.29. The molecule has 0 saturated carbocycles. The lowest BCUT2D eigenvalue weighted by Crippen LogP contribution is -2.45.